The molecule has 4 nitrogen and oxygen atoms in total. The molecule has 1 heterocycles. The summed E-state index contributed by atoms with van der Waals surface area (Å²) in [7, 11) is -3.63. The van der Waals surface area contributed by atoms with Crippen LogP contribution >= 0.6 is 0 Å². The first kappa shape index (κ1) is 12.7. The molecule has 1 aromatic heterocycles. The van der Waals surface area contributed by atoms with Gasteiger partial charge >= 0.3 is 51.4 Å². The van der Waals surface area contributed by atoms with Crippen LogP contribution in [-0.4, -0.2) is 64.8 Å². The Kier molecular flexibility index (Phi) is 5.08. The minimum absolute atomic E-state index is 0. The molecule has 12 heavy (non-hydrogen) atoms. The second-order valence-electron chi connectivity index (χ2n) is 2.22. The summed E-state index contributed by atoms with van der Waals surface area (Å²) >= 11 is 0. The summed E-state index contributed by atoms with van der Waals surface area (Å²) in [5.41, 5.74) is 0.900. The second-order valence-corrected chi connectivity index (χ2v) is 3.73. The third kappa shape index (κ3) is 3.61. The average Bonchev–Trinajstić information content (AvgIpc) is 1.86. The van der Waals surface area contributed by atoms with Gasteiger partial charge in [-0.2, -0.15) is 0 Å². The zero-order valence-electron chi connectivity index (χ0n) is 5.98. The van der Waals surface area contributed by atoms with Crippen molar-refractivity contribution < 1.29 is 8.42 Å². The average molecular weight is 212 g/mol. The summed E-state index contributed by atoms with van der Waals surface area (Å²) in [6.45, 7) is 1.82. The summed E-state index contributed by atoms with van der Waals surface area (Å²) in [6, 6.07) is 3.03. The summed E-state index contributed by atoms with van der Waals surface area (Å²) in [4.78, 5) is 3.64. The molecule has 0 amide bonds. The molecule has 1 aromatic rings. The van der Waals surface area contributed by atoms with Gasteiger partial charge in [0.25, 0.3) is 10.0 Å². The summed E-state index contributed by atoms with van der Waals surface area (Å²) < 4.78 is 21.3. The molecule has 0 aliphatic heterocycles. The van der Waals surface area contributed by atoms with Crippen LogP contribution in [0.15, 0.2) is 23.4 Å². The first-order chi connectivity index (χ1) is 5.00. The van der Waals surface area contributed by atoms with Crippen molar-refractivity contribution in [2.24, 2.45) is 5.14 Å². The number of pyridine rings is 1. The Morgan fingerprint density at radius 1 is 1.42 bits per heavy atom. The molecule has 0 aliphatic rings. The van der Waals surface area contributed by atoms with Crippen molar-refractivity contribution in [3.63, 3.8) is 0 Å². The van der Waals surface area contributed by atoms with Crippen molar-refractivity contribution in [1.82, 2.24) is 4.98 Å². The third-order valence-corrected chi connectivity index (χ3v) is 2.00. The van der Waals surface area contributed by atoms with E-state index in [1.54, 1.807) is 6.07 Å². The van der Waals surface area contributed by atoms with Crippen LogP contribution in [0.2, 0.25) is 0 Å². The van der Waals surface area contributed by atoms with Gasteiger partial charge in [0.1, 0.15) is 0 Å². The van der Waals surface area contributed by atoms with Gasteiger partial charge in [0.05, 0.1) is 0 Å². The molecular weight excluding hydrogens is 203 g/mol. The van der Waals surface area contributed by atoms with Crippen molar-refractivity contribution in [3.8, 4) is 0 Å². The van der Waals surface area contributed by atoms with E-state index in [-0.39, 0.29) is 56.4 Å². The number of aromatic nitrogens is 1. The third-order valence-electron chi connectivity index (χ3n) is 1.18. The Hall–Kier alpha value is 0.696. The molecule has 0 atom stereocenters. The van der Waals surface area contributed by atoms with Crippen LogP contribution in [0.4, 0.5) is 0 Å². The van der Waals surface area contributed by atoms with Gasteiger partial charge in [-0.3, -0.25) is 0 Å². The van der Waals surface area contributed by atoms with Crippen molar-refractivity contribution >= 4 is 61.4 Å². The predicted octanol–water partition coefficient (Wildman–Crippen LogP) is -0.611. The quantitative estimate of drug-likeness (QED) is 0.631. The van der Waals surface area contributed by atoms with E-state index in [0.29, 0.717) is 0 Å². The van der Waals surface area contributed by atoms with Crippen LogP contribution in [0.5, 0.6) is 0 Å². The number of nitrogens with zero attached hydrogens (tertiary/aromatic N) is 1. The standard InChI is InChI=1S/C6H8N2O2S.K.H/c1-5-2-3-6(8-4-5)11(7,9)10;;/h2-4H,1H3,(H2,7,9,10);;. The molecule has 0 aromatic carbocycles. The Bertz CT molecular complexity index is 346. The van der Waals surface area contributed by atoms with E-state index in [9.17, 15) is 8.42 Å². The van der Waals surface area contributed by atoms with Crippen LogP contribution in [-0.2, 0) is 10.0 Å². The van der Waals surface area contributed by atoms with Gasteiger partial charge in [-0.15, -0.1) is 0 Å². The molecule has 0 radical (unpaired) electrons. The fourth-order valence-corrected chi connectivity index (χ4v) is 1.08. The molecule has 0 saturated carbocycles. The molecule has 0 unspecified atom stereocenters. The fraction of sp³-hybridized carbons (Fsp3) is 0.167. The fourth-order valence-electron chi connectivity index (χ4n) is 0.623. The van der Waals surface area contributed by atoms with E-state index in [1.165, 1.54) is 12.3 Å². The van der Waals surface area contributed by atoms with Crippen molar-refractivity contribution in [1.29, 1.82) is 0 Å². The Balaban J connectivity index is 0.00000121. The van der Waals surface area contributed by atoms with Gasteiger partial charge in [-0.1, -0.05) is 6.07 Å². The van der Waals surface area contributed by atoms with Crippen LogP contribution < -0.4 is 5.14 Å². The molecule has 62 valence electrons. The SMILES string of the molecule is Cc1ccc(S(N)(=O)=O)nc1.[KH]. The first-order valence-corrected chi connectivity index (χ1v) is 4.50. The zero-order chi connectivity index (χ0) is 8.48. The van der Waals surface area contributed by atoms with Gasteiger partial charge < -0.3 is 0 Å². The molecule has 0 fully saturated rings. The van der Waals surface area contributed by atoms with Crippen LogP contribution in [0.3, 0.4) is 0 Å². The van der Waals surface area contributed by atoms with E-state index in [0.717, 1.165) is 5.56 Å². The molecule has 2 N–H and O–H groups in total. The maximum atomic E-state index is 10.7. The molecule has 0 bridgehead atoms. The number of sulfonamides is 1. The minimum atomic E-state index is -3.63. The van der Waals surface area contributed by atoms with Gasteiger partial charge in [-0.25, -0.2) is 18.5 Å². The van der Waals surface area contributed by atoms with E-state index in [4.69, 9.17) is 5.14 Å². The van der Waals surface area contributed by atoms with Gasteiger partial charge in [0.15, 0.2) is 5.03 Å². The molecule has 1 rings (SSSR count). The molecule has 6 heteroatoms. The van der Waals surface area contributed by atoms with Gasteiger partial charge in [0.2, 0.25) is 0 Å². The Labute approximate surface area is 114 Å². The van der Waals surface area contributed by atoms with Crippen molar-refractivity contribution in [2.45, 2.75) is 11.9 Å². The van der Waals surface area contributed by atoms with Gasteiger partial charge in [0, 0.05) is 6.20 Å². The summed E-state index contributed by atoms with van der Waals surface area (Å²) in [6.07, 6.45) is 1.46. The van der Waals surface area contributed by atoms with E-state index < -0.39 is 10.0 Å². The van der Waals surface area contributed by atoms with Crippen molar-refractivity contribution in [3.05, 3.63) is 23.9 Å². The number of hydrogen-bond donors (Lipinski definition) is 1. The molecule has 0 aliphatic carbocycles. The Morgan fingerprint density at radius 3 is 2.33 bits per heavy atom. The van der Waals surface area contributed by atoms with Crippen LogP contribution in [0.25, 0.3) is 0 Å². The monoisotopic (exact) mass is 212 g/mol. The zero-order valence-corrected chi connectivity index (χ0v) is 6.80. The normalized spacial score (nSPS) is 10.5. The second kappa shape index (κ2) is 4.80. The van der Waals surface area contributed by atoms with E-state index in [2.05, 4.69) is 4.98 Å². The van der Waals surface area contributed by atoms with Crippen LogP contribution in [0, 0.1) is 6.92 Å². The maximum absolute atomic E-state index is 10.7. The molecular formula is C6H9KN2O2S. The number of hydrogen-bond acceptors (Lipinski definition) is 3. The molecule has 0 saturated heterocycles. The number of primary sulfonamides is 1. The summed E-state index contributed by atoms with van der Waals surface area (Å²) in [5.74, 6) is 0. The topological polar surface area (TPSA) is 73.1 Å². The van der Waals surface area contributed by atoms with Crippen LogP contribution in [0.1, 0.15) is 5.56 Å². The van der Waals surface area contributed by atoms with Gasteiger partial charge in [-0.05, 0) is 18.6 Å². The number of rotatable bonds is 1. The number of aryl methyl sites for hydroxylation is 1. The molecule has 0 spiro atoms. The van der Waals surface area contributed by atoms with Crippen molar-refractivity contribution in [2.75, 3.05) is 0 Å². The number of nitrogens with two attached hydrogens (primary N) is 1. The van der Waals surface area contributed by atoms with E-state index in [1.807, 2.05) is 6.92 Å². The first-order valence-electron chi connectivity index (χ1n) is 2.95. The van der Waals surface area contributed by atoms with E-state index >= 15 is 0 Å². The Morgan fingerprint density at radius 2 is 2.00 bits per heavy atom. The summed E-state index contributed by atoms with van der Waals surface area (Å²) in [5, 5.41) is 4.72. The predicted molar refractivity (Wildman–Crippen MR) is 47.5 cm³/mol.